The van der Waals surface area contributed by atoms with Gasteiger partial charge in [0.1, 0.15) is 5.82 Å². The van der Waals surface area contributed by atoms with Crippen LogP contribution in [0.25, 0.3) is 5.65 Å². The lowest BCUT2D eigenvalue weighted by molar-refractivity contribution is -0.128. The quantitative estimate of drug-likeness (QED) is 0.621. The highest BCUT2D eigenvalue weighted by Gasteiger charge is 2.24. The molecule has 158 valence electrons. The van der Waals surface area contributed by atoms with E-state index >= 15 is 0 Å². The number of hydrogen-bond donors (Lipinski definition) is 1. The first-order chi connectivity index (χ1) is 14.5. The summed E-state index contributed by atoms with van der Waals surface area (Å²) in [5, 5.41) is 9.04. The Morgan fingerprint density at radius 3 is 2.63 bits per heavy atom. The van der Waals surface area contributed by atoms with Gasteiger partial charge in [-0.05, 0) is 25.5 Å². The smallest absolute Gasteiger partial charge is 0.233 e. The van der Waals surface area contributed by atoms with Crippen molar-refractivity contribution in [3.05, 3.63) is 41.3 Å². The SMILES string of the molecule is CCc1c(C)nc(N)n2c(SCC(=O)N3CCN(c4ccccc4F)CC3)nnc12. The molecule has 1 amide bonds. The number of rotatable bonds is 5. The number of nitrogens with two attached hydrogens (primary N) is 1. The van der Waals surface area contributed by atoms with Gasteiger partial charge in [0.2, 0.25) is 11.9 Å². The predicted molar refractivity (Wildman–Crippen MR) is 115 cm³/mol. The van der Waals surface area contributed by atoms with E-state index in [-0.39, 0.29) is 17.5 Å². The van der Waals surface area contributed by atoms with Gasteiger partial charge < -0.3 is 15.5 Å². The summed E-state index contributed by atoms with van der Waals surface area (Å²) in [5.41, 5.74) is 9.20. The van der Waals surface area contributed by atoms with Gasteiger partial charge in [0.05, 0.1) is 11.4 Å². The van der Waals surface area contributed by atoms with E-state index in [9.17, 15) is 9.18 Å². The number of fused-ring (bicyclic) bond motifs is 1. The summed E-state index contributed by atoms with van der Waals surface area (Å²) in [5.74, 6) is 0.326. The molecule has 1 aromatic carbocycles. The molecule has 30 heavy (non-hydrogen) atoms. The molecule has 3 aromatic rings. The van der Waals surface area contributed by atoms with Crippen LogP contribution in [0.3, 0.4) is 0 Å². The number of piperazine rings is 1. The molecule has 1 saturated heterocycles. The minimum absolute atomic E-state index is 0.0132. The monoisotopic (exact) mass is 429 g/mol. The lowest BCUT2D eigenvalue weighted by Gasteiger charge is -2.36. The van der Waals surface area contributed by atoms with Crippen molar-refractivity contribution in [2.24, 2.45) is 0 Å². The molecule has 3 heterocycles. The van der Waals surface area contributed by atoms with E-state index < -0.39 is 0 Å². The van der Waals surface area contributed by atoms with E-state index in [2.05, 4.69) is 15.2 Å². The summed E-state index contributed by atoms with van der Waals surface area (Å²) >= 11 is 1.30. The second kappa shape index (κ2) is 8.47. The van der Waals surface area contributed by atoms with Gasteiger partial charge in [-0.3, -0.25) is 4.79 Å². The van der Waals surface area contributed by atoms with E-state index in [4.69, 9.17) is 5.73 Å². The first kappa shape index (κ1) is 20.4. The van der Waals surface area contributed by atoms with Crippen LogP contribution in [0.2, 0.25) is 0 Å². The fourth-order valence-electron chi connectivity index (χ4n) is 3.75. The van der Waals surface area contributed by atoms with Gasteiger partial charge >= 0.3 is 0 Å². The molecule has 0 saturated carbocycles. The second-order valence-electron chi connectivity index (χ2n) is 7.14. The molecule has 2 N–H and O–H groups in total. The maximum Gasteiger partial charge on any atom is 0.233 e. The third-order valence-corrected chi connectivity index (χ3v) is 6.27. The number of aromatic nitrogens is 4. The number of nitrogen functional groups attached to an aromatic ring is 1. The zero-order valence-corrected chi connectivity index (χ0v) is 17.8. The Kier molecular flexibility index (Phi) is 5.76. The summed E-state index contributed by atoms with van der Waals surface area (Å²) in [6.45, 7) is 6.24. The molecule has 0 atom stereocenters. The van der Waals surface area contributed by atoms with Crippen molar-refractivity contribution in [2.45, 2.75) is 25.4 Å². The molecule has 1 fully saturated rings. The lowest BCUT2D eigenvalue weighted by atomic mass is 10.2. The van der Waals surface area contributed by atoms with E-state index in [0.717, 1.165) is 17.7 Å². The van der Waals surface area contributed by atoms with Crippen molar-refractivity contribution >= 4 is 35.0 Å². The van der Waals surface area contributed by atoms with Gasteiger partial charge in [0.15, 0.2) is 10.8 Å². The molecular formula is C20H24FN7OS. The predicted octanol–water partition coefficient (Wildman–Crippen LogP) is 2.16. The van der Waals surface area contributed by atoms with Gasteiger partial charge in [-0.15, -0.1) is 10.2 Å². The molecule has 0 unspecified atom stereocenters. The third kappa shape index (κ3) is 3.79. The molecule has 8 nitrogen and oxygen atoms in total. The zero-order valence-electron chi connectivity index (χ0n) is 17.0. The number of nitrogens with zero attached hydrogens (tertiary/aromatic N) is 6. The molecule has 0 spiro atoms. The van der Waals surface area contributed by atoms with Crippen LogP contribution >= 0.6 is 11.8 Å². The summed E-state index contributed by atoms with van der Waals surface area (Å²) < 4.78 is 15.7. The summed E-state index contributed by atoms with van der Waals surface area (Å²) in [7, 11) is 0. The lowest BCUT2D eigenvalue weighted by Crippen LogP contribution is -2.49. The molecule has 10 heteroatoms. The van der Waals surface area contributed by atoms with Crippen molar-refractivity contribution < 1.29 is 9.18 Å². The molecule has 2 aromatic heterocycles. The van der Waals surface area contributed by atoms with E-state index in [0.29, 0.717) is 48.6 Å². The van der Waals surface area contributed by atoms with Crippen LogP contribution in [-0.4, -0.2) is 62.3 Å². The van der Waals surface area contributed by atoms with Crippen molar-refractivity contribution in [2.75, 3.05) is 42.6 Å². The number of aryl methyl sites for hydroxylation is 2. The molecule has 0 radical (unpaired) electrons. The standard InChI is InChI=1S/C20H24FN7OS/c1-3-14-13(2)23-19(22)28-18(14)24-25-20(28)30-12-17(29)27-10-8-26(9-11-27)16-7-5-4-6-15(16)21/h4-7H,3,8-12H2,1-2H3,(H2,22,23). The van der Waals surface area contributed by atoms with Crippen molar-refractivity contribution in [1.82, 2.24) is 24.5 Å². The molecular weight excluding hydrogens is 405 g/mol. The average Bonchev–Trinajstić information content (AvgIpc) is 3.17. The normalized spacial score (nSPS) is 14.5. The van der Waals surface area contributed by atoms with Crippen molar-refractivity contribution in [3.63, 3.8) is 0 Å². The molecule has 1 aliphatic rings. The van der Waals surface area contributed by atoms with Crippen LogP contribution in [0.4, 0.5) is 16.0 Å². The number of carbonyl (C=O) groups excluding carboxylic acids is 1. The van der Waals surface area contributed by atoms with Crippen LogP contribution in [0, 0.1) is 12.7 Å². The average molecular weight is 430 g/mol. The maximum absolute atomic E-state index is 14.0. The third-order valence-electron chi connectivity index (χ3n) is 5.36. The number of carbonyl (C=O) groups is 1. The second-order valence-corrected chi connectivity index (χ2v) is 8.08. The Bertz CT molecular complexity index is 1080. The topological polar surface area (TPSA) is 92.6 Å². The van der Waals surface area contributed by atoms with Gasteiger partial charge in [0.25, 0.3) is 0 Å². The van der Waals surface area contributed by atoms with Gasteiger partial charge in [0, 0.05) is 37.4 Å². The van der Waals surface area contributed by atoms with Gasteiger partial charge in [-0.25, -0.2) is 13.8 Å². The first-order valence-electron chi connectivity index (χ1n) is 9.89. The van der Waals surface area contributed by atoms with Crippen LogP contribution < -0.4 is 10.6 Å². The Balaban J connectivity index is 1.40. The summed E-state index contributed by atoms with van der Waals surface area (Å²) in [6, 6.07) is 6.72. The molecule has 4 rings (SSSR count). The maximum atomic E-state index is 14.0. The van der Waals surface area contributed by atoms with Crippen LogP contribution in [-0.2, 0) is 11.2 Å². The highest BCUT2D eigenvalue weighted by Crippen LogP contribution is 2.24. The first-order valence-corrected chi connectivity index (χ1v) is 10.9. The van der Waals surface area contributed by atoms with Gasteiger partial charge in [-0.2, -0.15) is 0 Å². The summed E-state index contributed by atoms with van der Waals surface area (Å²) in [6.07, 6.45) is 0.774. The Morgan fingerprint density at radius 2 is 1.93 bits per heavy atom. The minimum atomic E-state index is -0.237. The number of amides is 1. The van der Waals surface area contributed by atoms with E-state index in [1.807, 2.05) is 24.8 Å². The molecule has 0 bridgehead atoms. The fraction of sp³-hybridized carbons (Fsp3) is 0.400. The van der Waals surface area contributed by atoms with Crippen LogP contribution in [0.5, 0.6) is 0 Å². The number of hydrogen-bond acceptors (Lipinski definition) is 7. The molecule has 1 aliphatic heterocycles. The number of halogens is 1. The largest absolute Gasteiger partial charge is 0.369 e. The Morgan fingerprint density at radius 1 is 1.20 bits per heavy atom. The van der Waals surface area contributed by atoms with E-state index in [1.54, 1.807) is 21.4 Å². The zero-order chi connectivity index (χ0) is 21.3. The number of para-hydroxylation sites is 1. The highest BCUT2D eigenvalue weighted by molar-refractivity contribution is 7.99. The van der Waals surface area contributed by atoms with Crippen LogP contribution in [0.15, 0.2) is 29.4 Å². The number of thioether (sulfide) groups is 1. The van der Waals surface area contributed by atoms with Crippen molar-refractivity contribution in [3.8, 4) is 0 Å². The van der Waals surface area contributed by atoms with Crippen molar-refractivity contribution in [1.29, 1.82) is 0 Å². The number of anilines is 2. The fourth-order valence-corrected chi connectivity index (χ4v) is 4.60. The minimum Gasteiger partial charge on any atom is -0.369 e. The van der Waals surface area contributed by atoms with E-state index in [1.165, 1.54) is 17.8 Å². The van der Waals surface area contributed by atoms with Gasteiger partial charge in [-0.1, -0.05) is 30.8 Å². The Labute approximate surface area is 178 Å². The highest BCUT2D eigenvalue weighted by atomic mass is 32.2. The molecule has 0 aliphatic carbocycles. The summed E-state index contributed by atoms with van der Waals surface area (Å²) in [4.78, 5) is 20.9. The Hall–Kier alpha value is -2.88. The number of benzene rings is 1. The van der Waals surface area contributed by atoms with Crippen LogP contribution in [0.1, 0.15) is 18.2 Å².